The van der Waals surface area contributed by atoms with Gasteiger partial charge in [-0.1, -0.05) is 31.2 Å². The first-order valence-electron chi connectivity index (χ1n) is 8.97. The van der Waals surface area contributed by atoms with Crippen molar-refractivity contribution in [2.75, 3.05) is 6.54 Å². The van der Waals surface area contributed by atoms with E-state index < -0.39 is 0 Å². The van der Waals surface area contributed by atoms with Crippen LogP contribution in [-0.4, -0.2) is 16.8 Å². The molecule has 2 aliphatic rings. The van der Waals surface area contributed by atoms with Gasteiger partial charge in [0.15, 0.2) is 0 Å². The topological polar surface area (TPSA) is 43.3 Å². The van der Waals surface area contributed by atoms with Gasteiger partial charge < -0.3 is 10.3 Å². The Morgan fingerprint density at radius 2 is 2.24 bits per heavy atom. The van der Waals surface area contributed by atoms with Crippen LogP contribution in [0.3, 0.4) is 0 Å². The van der Waals surface area contributed by atoms with E-state index >= 15 is 0 Å². The van der Waals surface area contributed by atoms with E-state index in [2.05, 4.69) is 80.2 Å². The summed E-state index contributed by atoms with van der Waals surface area (Å²) in [7, 11) is 2.06. The van der Waals surface area contributed by atoms with E-state index in [4.69, 9.17) is 10.7 Å². The zero-order valence-electron chi connectivity index (χ0n) is 15.4. The quantitative estimate of drug-likeness (QED) is 0.843. The van der Waals surface area contributed by atoms with Gasteiger partial charge in [0.2, 0.25) is 0 Å². The first-order valence-corrected chi connectivity index (χ1v) is 8.97. The number of nitrogens with zero attached hydrogens (tertiary/aromatic N) is 2. The molecule has 1 aromatic heterocycles. The van der Waals surface area contributed by atoms with E-state index in [0.29, 0.717) is 12.5 Å². The third kappa shape index (κ3) is 3.99. The van der Waals surface area contributed by atoms with Gasteiger partial charge in [-0.2, -0.15) is 0 Å². The van der Waals surface area contributed by atoms with Gasteiger partial charge in [0.25, 0.3) is 0 Å². The van der Waals surface area contributed by atoms with Crippen molar-refractivity contribution in [1.82, 2.24) is 4.57 Å². The molecule has 0 aromatic carbocycles. The second-order valence-corrected chi connectivity index (χ2v) is 6.84. The summed E-state index contributed by atoms with van der Waals surface area (Å²) < 4.78 is 2.13. The fourth-order valence-electron chi connectivity index (χ4n) is 3.27. The molecule has 130 valence electrons. The molecule has 0 amide bonds. The van der Waals surface area contributed by atoms with Crippen LogP contribution < -0.4 is 5.73 Å². The van der Waals surface area contributed by atoms with Crippen LogP contribution in [0.5, 0.6) is 0 Å². The Hall–Kier alpha value is -2.39. The number of aliphatic imine (C=N–C) groups is 1. The van der Waals surface area contributed by atoms with Gasteiger partial charge in [-0.15, -0.1) is 0 Å². The highest BCUT2D eigenvalue weighted by atomic mass is 14.9. The number of aromatic nitrogens is 1. The van der Waals surface area contributed by atoms with Crippen molar-refractivity contribution in [2.45, 2.75) is 26.7 Å². The molecule has 0 saturated carbocycles. The molecule has 0 saturated heterocycles. The smallest absolute Gasteiger partial charge is 0.0720 e. The summed E-state index contributed by atoms with van der Waals surface area (Å²) in [5.41, 5.74) is 12.8. The fourth-order valence-corrected chi connectivity index (χ4v) is 3.27. The molecule has 2 heterocycles. The van der Waals surface area contributed by atoms with Crippen molar-refractivity contribution in [3.05, 3.63) is 77.3 Å². The highest BCUT2D eigenvalue weighted by molar-refractivity contribution is 6.09. The van der Waals surface area contributed by atoms with Crippen molar-refractivity contribution >= 4 is 11.3 Å². The van der Waals surface area contributed by atoms with Gasteiger partial charge in [0.05, 0.1) is 11.4 Å². The maximum atomic E-state index is 5.86. The van der Waals surface area contributed by atoms with Gasteiger partial charge in [0, 0.05) is 24.5 Å². The van der Waals surface area contributed by atoms with Crippen LogP contribution in [0.15, 0.2) is 76.6 Å². The zero-order valence-corrected chi connectivity index (χ0v) is 15.4. The Kier molecular flexibility index (Phi) is 5.34. The molecule has 2 N–H and O–H groups in total. The molecule has 0 fully saturated rings. The van der Waals surface area contributed by atoms with Crippen LogP contribution in [0.2, 0.25) is 0 Å². The van der Waals surface area contributed by atoms with E-state index in [9.17, 15) is 0 Å². The van der Waals surface area contributed by atoms with E-state index in [1.165, 1.54) is 22.4 Å². The number of hydrogen-bond donors (Lipinski definition) is 1. The second kappa shape index (κ2) is 7.66. The van der Waals surface area contributed by atoms with Crippen LogP contribution in [-0.2, 0) is 7.05 Å². The summed E-state index contributed by atoms with van der Waals surface area (Å²) in [6, 6.07) is 4.20. The Bertz CT molecular complexity index is 825. The first kappa shape index (κ1) is 17.4. The molecule has 3 nitrogen and oxygen atoms in total. The van der Waals surface area contributed by atoms with Gasteiger partial charge in [-0.25, -0.2) is 4.99 Å². The lowest BCUT2D eigenvalue weighted by molar-refractivity contribution is 0.733. The summed E-state index contributed by atoms with van der Waals surface area (Å²) in [6.45, 7) is 4.98. The van der Waals surface area contributed by atoms with Crippen molar-refractivity contribution in [3.63, 3.8) is 0 Å². The molecule has 1 unspecified atom stereocenters. The van der Waals surface area contributed by atoms with Crippen molar-refractivity contribution in [3.8, 4) is 0 Å². The van der Waals surface area contributed by atoms with Gasteiger partial charge in [-0.05, 0) is 67.7 Å². The summed E-state index contributed by atoms with van der Waals surface area (Å²) in [5, 5.41) is 0. The maximum Gasteiger partial charge on any atom is 0.0720 e. The molecule has 1 aliphatic carbocycles. The second-order valence-electron chi connectivity index (χ2n) is 6.84. The van der Waals surface area contributed by atoms with Crippen LogP contribution in [0.1, 0.15) is 32.4 Å². The Labute approximate surface area is 150 Å². The summed E-state index contributed by atoms with van der Waals surface area (Å²) >= 11 is 0. The minimum absolute atomic E-state index is 0.619. The van der Waals surface area contributed by atoms with Gasteiger partial charge >= 0.3 is 0 Å². The predicted octanol–water partition coefficient (Wildman–Crippen LogP) is 4.56. The third-order valence-corrected chi connectivity index (χ3v) is 4.70. The van der Waals surface area contributed by atoms with Crippen LogP contribution in [0.25, 0.3) is 5.57 Å². The molecule has 1 aliphatic heterocycles. The minimum Gasteiger partial charge on any atom is -0.351 e. The van der Waals surface area contributed by atoms with Gasteiger partial charge in [-0.3, -0.25) is 0 Å². The SMILES string of the molecule is CC1=CC(/C=C/C2=CCC(C)C=C2)=NC/1=C(/CCN)c1cccn1C. The standard InChI is InChI=1S/C22H27N3/c1-16-6-8-18(9-7-16)10-11-19-15-17(2)22(24-19)20(12-13-23)21-5-4-14-25(21)3/h4-6,8-11,14-16H,7,12-13,23H2,1-3H3/b11-10+,22-20-. The zero-order chi connectivity index (χ0) is 17.8. The van der Waals surface area contributed by atoms with E-state index in [0.717, 1.165) is 24.3 Å². The predicted molar refractivity (Wildman–Crippen MR) is 107 cm³/mol. The van der Waals surface area contributed by atoms with Crippen LogP contribution in [0, 0.1) is 5.92 Å². The molecule has 1 atom stereocenters. The average Bonchev–Trinajstić information content (AvgIpc) is 3.18. The van der Waals surface area contributed by atoms with Crippen LogP contribution >= 0.6 is 0 Å². The van der Waals surface area contributed by atoms with E-state index in [1.54, 1.807) is 0 Å². The molecule has 0 radical (unpaired) electrons. The summed E-state index contributed by atoms with van der Waals surface area (Å²) in [5.74, 6) is 0.641. The highest BCUT2D eigenvalue weighted by Gasteiger charge is 2.17. The number of aryl methyl sites for hydroxylation is 1. The number of allylic oxidation sites excluding steroid dienone is 8. The number of hydrogen-bond acceptors (Lipinski definition) is 2. The third-order valence-electron chi connectivity index (χ3n) is 4.70. The summed E-state index contributed by atoms with van der Waals surface area (Å²) in [6.07, 6.45) is 17.1. The maximum absolute atomic E-state index is 5.86. The van der Waals surface area contributed by atoms with Crippen LogP contribution in [0.4, 0.5) is 0 Å². The molecule has 0 spiro atoms. The molecule has 3 rings (SSSR count). The highest BCUT2D eigenvalue weighted by Crippen LogP contribution is 2.31. The number of rotatable bonds is 5. The van der Waals surface area contributed by atoms with E-state index in [1.807, 2.05) is 0 Å². The molecular weight excluding hydrogens is 306 g/mol. The minimum atomic E-state index is 0.619. The Morgan fingerprint density at radius 1 is 1.40 bits per heavy atom. The lowest BCUT2D eigenvalue weighted by Gasteiger charge is -2.11. The molecule has 3 heteroatoms. The first-order chi connectivity index (χ1) is 12.1. The van der Waals surface area contributed by atoms with E-state index in [-0.39, 0.29) is 0 Å². The molecule has 25 heavy (non-hydrogen) atoms. The molecule has 0 bridgehead atoms. The number of nitrogens with two attached hydrogens (primary N) is 1. The fraction of sp³-hybridized carbons (Fsp3) is 0.318. The van der Waals surface area contributed by atoms with Crippen molar-refractivity contribution in [2.24, 2.45) is 23.7 Å². The average molecular weight is 333 g/mol. The Balaban J connectivity index is 1.89. The molecular formula is C22H27N3. The lowest BCUT2D eigenvalue weighted by atomic mass is 9.98. The largest absolute Gasteiger partial charge is 0.351 e. The van der Waals surface area contributed by atoms with Crippen molar-refractivity contribution < 1.29 is 0 Å². The lowest BCUT2D eigenvalue weighted by Crippen LogP contribution is -2.05. The van der Waals surface area contributed by atoms with Crippen molar-refractivity contribution in [1.29, 1.82) is 0 Å². The Morgan fingerprint density at radius 3 is 2.88 bits per heavy atom. The van der Waals surface area contributed by atoms with Gasteiger partial charge in [0.1, 0.15) is 0 Å². The normalized spacial score (nSPS) is 22.2. The molecule has 1 aromatic rings. The summed E-state index contributed by atoms with van der Waals surface area (Å²) in [4.78, 5) is 4.88. The monoisotopic (exact) mass is 333 g/mol.